The van der Waals surface area contributed by atoms with E-state index in [0.29, 0.717) is 5.92 Å². The molecule has 21 heavy (non-hydrogen) atoms. The predicted molar refractivity (Wildman–Crippen MR) is 92.4 cm³/mol. The van der Waals surface area contributed by atoms with Gasteiger partial charge in [0, 0.05) is 17.6 Å². The van der Waals surface area contributed by atoms with Crippen molar-refractivity contribution in [3.8, 4) is 0 Å². The first kappa shape index (κ1) is 15.6. The molecule has 0 bridgehead atoms. The van der Waals surface area contributed by atoms with Crippen molar-refractivity contribution in [3.63, 3.8) is 0 Å². The normalized spacial score (nSPS) is 12.0. The molecule has 0 saturated heterocycles. The average Bonchev–Trinajstić information content (AvgIpc) is 2.96. The molecule has 2 N–H and O–H groups in total. The average molecular weight is 301 g/mol. The van der Waals surface area contributed by atoms with Gasteiger partial charge in [-0.15, -0.1) is 12.4 Å². The molecule has 3 rings (SSSR count). The van der Waals surface area contributed by atoms with Gasteiger partial charge in [-0.25, -0.2) is 0 Å². The molecular formula is C18H21ClN2. The van der Waals surface area contributed by atoms with E-state index in [1.54, 1.807) is 0 Å². The van der Waals surface area contributed by atoms with Crippen molar-refractivity contribution in [1.29, 1.82) is 0 Å². The van der Waals surface area contributed by atoms with E-state index in [4.69, 9.17) is 0 Å². The quantitative estimate of drug-likeness (QED) is 0.721. The van der Waals surface area contributed by atoms with Crippen LogP contribution in [0.4, 0.5) is 0 Å². The number of halogens is 1. The van der Waals surface area contributed by atoms with Gasteiger partial charge in [-0.2, -0.15) is 0 Å². The van der Waals surface area contributed by atoms with Gasteiger partial charge in [0.15, 0.2) is 0 Å². The Bertz CT molecular complexity index is 676. The summed E-state index contributed by atoms with van der Waals surface area (Å²) in [5.74, 6) is 0.447. The summed E-state index contributed by atoms with van der Waals surface area (Å²) in [4.78, 5) is 3.26. The minimum absolute atomic E-state index is 0. The molecule has 2 aromatic carbocycles. The molecule has 0 amide bonds. The summed E-state index contributed by atoms with van der Waals surface area (Å²) in [7, 11) is 2.01. The summed E-state index contributed by atoms with van der Waals surface area (Å²) < 4.78 is 0. The maximum Gasteiger partial charge on any atom is 0.0454 e. The zero-order valence-electron chi connectivity index (χ0n) is 12.2. The van der Waals surface area contributed by atoms with Crippen molar-refractivity contribution in [2.24, 2.45) is 0 Å². The molecule has 1 unspecified atom stereocenters. The first-order chi connectivity index (χ1) is 9.88. The van der Waals surface area contributed by atoms with Gasteiger partial charge in [-0.1, -0.05) is 36.4 Å². The van der Waals surface area contributed by atoms with Gasteiger partial charge < -0.3 is 10.3 Å². The molecule has 1 aromatic heterocycles. The van der Waals surface area contributed by atoms with Crippen LogP contribution < -0.4 is 5.32 Å². The molecule has 0 aliphatic carbocycles. The second-order valence-electron chi connectivity index (χ2n) is 5.18. The van der Waals surface area contributed by atoms with Gasteiger partial charge in [-0.3, -0.25) is 0 Å². The number of benzene rings is 2. The molecule has 3 heteroatoms. The van der Waals surface area contributed by atoms with E-state index in [2.05, 4.69) is 64.9 Å². The van der Waals surface area contributed by atoms with Crippen molar-refractivity contribution < 1.29 is 0 Å². The van der Waals surface area contributed by atoms with Gasteiger partial charge in [0.2, 0.25) is 0 Å². The molecule has 0 saturated carbocycles. The van der Waals surface area contributed by atoms with Crippen molar-refractivity contribution in [3.05, 3.63) is 71.9 Å². The lowest BCUT2D eigenvalue weighted by molar-refractivity contribution is 0.662. The van der Waals surface area contributed by atoms with Gasteiger partial charge in [-0.05, 0) is 54.7 Å². The first-order valence-electron chi connectivity index (χ1n) is 7.15. The molecule has 110 valence electrons. The van der Waals surface area contributed by atoms with Crippen LogP contribution in [0.25, 0.3) is 10.9 Å². The van der Waals surface area contributed by atoms with Crippen LogP contribution in [0.3, 0.4) is 0 Å². The number of hydrogen-bond acceptors (Lipinski definition) is 1. The number of hydrogen-bond donors (Lipinski definition) is 2. The number of fused-ring (bicyclic) bond motifs is 1. The number of nitrogens with one attached hydrogen (secondary N) is 2. The number of rotatable bonds is 5. The summed E-state index contributed by atoms with van der Waals surface area (Å²) in [6, 6.07) is 19.6. The zero-order chi connectivity index (χ0) is 13.8. The highest BCUT2D eigenvalue weighted by Gasteiger charge is 2.14. The topological polar surface area (TPSA) is 27.8 Å². The Balaban J connectivity index is 0.00000161. The van der Waals surface area contributed by atoms with E-state index in [0.717, 1.165) is 13.0 Å². The summed E-state index contributed by atoms with van der Waals surface area (Å²) in [5.41, 5.74) is 3.98. The van der Waals surface area contributed by atoms with Crippen molar-refractivity contribution in [2.75, 3.05) is 13.6 Å². The fourth-order valence-electron chi connectivity index (χ4n) is 2.79. The number of aromatic amines is 1. The van der Waals surface area contributed by atoms with Crippen LogP contribution in [0.15, 0.2) is 60.8 Å². The van der Waals surface area contributed by atoms with Gasteiger partial charge in [0.1, 0.15) is 0 Å². The van der Waals surface area contributed by atoms with E-state index in [1.807, 2.05) is 13.2 Å². The Morgan fingerprint density at radius 3 is 2.57 bits per heavy atom. The molecule has 0 fully saturated rings. The number of aromatic nitrogens is 1. The minimum Gasteiger partial charge on any atom is -0.361 e. The Morgan fingerprint density at radius 2 is 1.81 bits per heavy atom. The Kier molecular flexibility index (Phi) is 5.43. The Labute approximate surface area is 132 Å². The van der Waals surface area contributed by atoms with Gasteiger partial charge in [0.05, 0.1) is 0 Å². The van der Waals surface area contributed by atoms with Crippen LogP contribution in [-0.2, 0) is 0 Å². The fraction of sp³-hybridized carbons (Fsp3) is 0.222. The maximum atomic E-state index is 3.26. The van der Waals surface area contributed by atoms with Crippen LogP contribution in [0.5, 0.6) is 0 Å². The van der Waals surface area contributed by atoms with E-state index in [1.165, 1.54) is 22.0 Å². The predicted octanol–water partition coefficient (Wildman–Crippen LogP) is 4.33. The largest absolute Gasteiger partial charge is 0.361 e. The highest BCUT2D eigenvalue weighted by atomic mass is 35.5. The zero-order valence-corrected chi connectivity index (χ0v) is 13.0. The SMILES string of the molecule is CNCCC(c1ccccc1)c1ccc2[nH]ccc2c1.Cl. The van der Waals surface area contributed by atoms with Crippen LogP contribution in [-0.4, -0.2) is 18.6 Å². The standard InChI is InChI=1S/C18H20N2.ClH/c1-19-11-10-17(14-5-3-2-4-6-14)15-7-8-18-16(13-15)9-12-20-18;/h2-9,12-13,17,19-20H,10-11H2,1H3;1H. The van der Waals surface area contributed by atoms with E-state index in [9.17, 15) is 0 Å². The molecule has 2 nitrogen and oxygen atoms in total. The molecule has 3 aromatic rings. The monoisotopic (exact) mass is 300 g/mol. The van der Waals surface area contributed by atoms with Crippen LogP contribution in [0.1, 0.15) is 23.5 Å². The summed E-state index contributed by atoms with van der Waals surface area (Å²) in [5, 5.41) is 4.55. The van der Waals surface area contributed by atoms with Crippen LogP contribution >= 0.6 is 12.4 Å². The van der Waals surface area contributed by atoms with Crippen molar-refractivity contribution >= 4 is 23.3 Å². The van der Waals surface area contributed by atoms with E-state index >= 15 is 0 Å². The highest BCUT2D eigenvalue weighted by molar-refractivity contribution is 5.85. The summed E-state index contributed by atoms with van der Waals surface area (Å²) in [6.45, 7) is 1.02. The second kappa shape index (κ2) is 7.30. The lowest BCUT2D eigenvalue weighted by atomic mass is 9.88. The Morgan fingerprint density at radius 1 is 1.00 bits per heavy atom. The molecule has 1 atom stereocenters. The third kappa shape index (κ3) is 3.46. The molecule has 1 heterocycles. The van der Waals surface area contributed by atoms with E-state index in [-0.39, 0.29) is 12.4 Å². The smallest absolute Gasteiger partial charge is 0.0454 e. The van der Waals surface area contributed by atoms with Crippen molar-refractivity contribution in [1.82, 2.24) is 10.3 Å². The van der Waals surface area contributed by atoms with E-state index < -0.39 is 0 Å². The molecule has 0 aliphatic rings. The first-order valence-corrected chi connectivity index (χ1v) is 7.15. The lowest BCUT2D eigenvalue weighted by Gasteiger charge is -2.18. The highest BCUT2D eigenvalue weighted by Crippen LogP contribution is 2.29. The van der Waals surface area contributed by atoms with Gasteiger partial charge in [0.25, 0.3) is 0 Å². The fourth-order valence-corrected chi connectivity index (χ4v) is 2.79. The third-order valence-electron chi connectivity index (χ3n) is 3.86. The van der Waals surface area contributed by atoms with Crippen LogP contribution in [0.2, 0.25) is 0 Å². The summed E-state index contributed by atoms with van der Waals surface area (Å²) >= 11 is 0. The summed E-state index contributed by atoms with van der Waals surface area (Å²) in [6.07, 6.45) is 3.11. The molecule has 0 aliphatic heterocycles. The molecule has 0 spiro atoms. The molecule has 0 radical (unpaired) electrons. The minimum atomic E-state index is 0. The Hall–Kier alpha value is -1.77. The van der Waals surface area contributed by atoms with Gasteiger partial charge >= 0.3 is 0 Å². The lowest BCUT2D eigenvalue weighted by Crippen LogP contribution is -2.13. The second-order valence-corrected chi connectivity index (χ2v) is 5.18. The van der Waals surface area contributed by atoms with Crippen molar-refractivity contribution in [2.45, 2.75) is 12.3 Å². The van der Waals surface area contributed by atoms with Crippen LogP contribution in [0, 0.1) is 0 Å². The number of H-pyrrole nitrogens is 1. The maximum absolute atomic E-state index is 3.26. The molecular weight excluding hydrogens is 280 g/mol. The third-order valence-corrected chi connectivity index (χ3v) is 3.86.